The molecule has 0 bridgehead atoms. The van der Waals surface area contributed by atoms with Gasteiger partial charge in [-0.15, -0.1) is 0 Å². The van der Waals surface area contributed by atoms with Crippen LogP contribution in [0.1, 0.15) is 52.7 Å². The summed E-state index contributed by atoms with van der Waals surface area (Å²) in [6.45, 7) is 12.4. The molecule has 148 valence electrons. The normalized spacial score (nSPS) is 20.7. The highest BCUT2D eigenvalue weighted by Gasteiger charge is 2.37. The number of hydrogen-bond donors (Lipinski definition) is 1. The van der Waals surface area contributed by atoms with Crippen LogP contribution in [-0.2, 0) is 9.16 Å². The molecule has 1 aliphatic rings. The van der Waals surface area contributed by atoms with E-state index < -0.39 is 8.32 Å². The number of nitrogens with zero attached hydrogens (tertiary/aromatic N) is 1. The fraction of sp³-hybridized carbons (Fsp3) is 0.737. The van der Waals surface area contributed by atoms with Crippen molar-refractivity contribution in [3.05, 3.63) is 28.0 Å². The summed E-state index contributed by atoms with van der Waals surface area (Å²) in [6.07, 6.45) is 4.45. The lowest BCUT2D eigenvalue weighted by molar-refractivity contribution is -0.181. The van der Waals surface area contributed by atoms with Crippen molar-refractivity contribution in [2.24, 2.45) is 0 Å². The van der Waals surface area contributed by atoms with Gasteiger partial charge >= 0.3 is 0 Å². The number of pyridine rings is 1. The Labute approximate surface area is 169 Å². The van der Waals surface area contributed by atoms with Gasteiger partial charge in [0.25, 0.3) is 0 Å². The second-order valence-electron chi connectivity index (χ2n) is 7.73. The molecule has 2 rings (SSSR count). The molecule has 1 saturated heterocycles. The van der Waals surface area contributed by atoms with Gasteiger partial charge in [0.05, 0.1) is 27.9 Å². The van der Waals surface area contributed by atoms with E-state index in [0.717, 1.165) is 36.7 Å². The summed E-state index contributed by atoms with van der Waals surface area (Å²) < 4.78 is 12.6. The molecule has 0 spiro atoms. The average Bonchev–Trinajstić information content (AvgIpc) is 2.57. The van der Waals surface area contributed by atoms with Crippen LogP contribution < -0.4 is 5.32 Å². The van der Waals surface area contributed by atoms with E-state index in [1.807, 2.05) is 0 Å². The minimum Gasteiger partial charge on any atom is -0.409 e. The standard InChI is InChI=1S/C19H32Cl2N2O2Si/c1-6-26(7-2,8-3)25-17(18-15(20)11-23-12-16(18)21)13-22-10-14-9-19(4,5)24-14/h11-12,14,17,22H,6-10,13H2,1-5H3/t14-,17?/m1/s1. The van der Waals surface area contributed by atoms with Crippen molar-refractivity contribution in [3.63, 3.8) is 0 Å². The summed E-state index contributed by atoms with van der Waals surface area (Å²) in [4.78, 5) is 4.08. The predicted molar refractivity (Wildman–Crippen MR) is 112 cm³/mol. The molecule has 0 saturated carbocycles. The van der Waals surface area contributed by atoms with Crippen molar-refractivity contribution >= 4 is 31.5 Å². The van der Waals surface area contributed by atoms with Crippen LogP contribution in [0.2, 0.25) is 28.2 Å². The molecule has 0 radical (unpaired) electrons. The van der Waals surface area contributed by atoms with Gasteiger partial charge in [-0.2, -0.15) is 0 Å². The highest BCUT2D eigenvalue weighted by atomic mass is 35.5. The van der Waals surface area contributed by atoms with Gasteiger partial charge in [-0.1, -0.05) is 44.0 Å². The smallest absolute Gasteiger partial charge is 0.192 e. The van der Waals surface area contributed by atoms with Crippen LogP contribution in [0.4, 0.5) is 0 Å². The maximum Gasteiger partial charge on any atom is 0.192 e. The maximum absolute atomic E-state index is 6.75. The molecular weight excluding hydrogens is 387 g/mol. The largest absolute Gasteiger partial charge is 0.409 e. The number of ether oxygens (including phenoxy) is 1. The lowest BCUT2D eigenvalue weighted by Crippen LogP contribution is -2.50. The van der Waals surface area contributed by atoms with E-state index in [1.54, 1.807) is 12.4 Å². The van der Waals surface area contributed by atoms with E-state index in [2.05, 4.69) is 44.9 Å². The van der Waals surface area contributed by atoms with Gasteiger partial charge in [-0.25, -0.2) is 0 Å². The van der Waals surface area contributed by atoms with Crippen molar-refractivity contribution in [2.75, 3.05) is 13.1 Å². The second-order valence-corrected chi connectivity index (χ2v) is 13.3. The first-order valence-corrected chi connectivity index (χ1v) is 12.9. The van der Waals surface area contributed by atoms with E-state index in [4.69, 9.17) is 32.4 Å². The van der Waals surface area contributed by atoms with Crippen LogP contribution in [0.3, 0.4) is 0 Å². The molecule has 1 aromatic rings. The van der Waals surface area contributed by atoms with Crippen LogP contribution in [0.5, 0.6) is 0 Å². The number of aromatic nitrogens is 1. The van der Waals surface area contributed by atoms with Gasteiger partial charge in [0, 0.05) is 37.5 Å². The lowest BCUT2D eigenvalue weighted by atomic mass is 9.93. The molecule has 1 fully saturated rings. The van der Waals surface area contributed by atoms with Gasteiger partial charge in [0.15, 0.2) is 8.32 Å². The maximum atomic E-state index is 6.75. The molecule has 26 heavy (non-hydrogen) atoms. The van der Waals surface area contributed by atoms with Crippen molar-refractivity contribution in [2.45, 2.75) is 77.0 Å². The van der Waals surface area contributed by atoms with Crippen molar-refractivity contribution in [3.8, 4) is 0 Å². The van der Waals surface area contributed by atoms with Crippen LogP contribution in [-0.4, -0.2) is 38.1 Å². The Hall–Kier alpha value is -0.173. The molecule has 1 N–H and O–H groups in total. The van der Waals surface area contributed by atoms with Crippen LogP contribution in [0.15, 0.2) is 12.4 Å². The lowest BCUT2D eigenvalue weighted by Gasteiger charge is -2.43. The third-order valence-electron chi connectivity index (χ3n) is 5.44. The molecule has 0 aromatic carbocycles. The third-order valence-corrected chi connectivity index (χ3v) is 10.7. The van der Waals surface area contributed by atoms with E-state index in [1.165, 1.54) is 0 Å². The zero-order valence-electron chi connectivity index (χ0n) is 16.6. The van der Waals surface area contributed by atoms with E-state index in [0.29, 0.717) is 16.6 Å². The monoisotopic (exact) mass is 418 g/mol. The molecule has 4 nitrogen and oxygen atoms in total. The highest BCUT2D eigenvalue weighted by molar-refractivity contribution is 6.73. The second kappa shape index (κ2) is 9.35. The number of hydrogen-bond acceptors (Lipinski definition) is 4. The summed E-state index contributed by atoms with van der Waals surface area (Å²) in [5.41, 5.74) is 0.854. The molecule has 0 aliphatic carbocycles. The highest BCUT2D eigenvalue weighted by Crippen LogP contribution is 2.36. The molecule has 0 amide bonds. The summed E-state index contributed by atoms with van der Waals surface area (Å²) in [5.74, 6) is 0. The predicted octanol–water partition coefficient (Wildman–Crippen LogP) is 5.61. The Morgan fingerprint density at radius 1 is 1.23 bits per heavy atom. The number of rotatable bonds is 10. The minimum atomic E-state index is -1.81. The van der Waals surface area contributed by atoms with E-state index in [9.17, 15) is 0 Å². The first-order valence-electron chi connectivity index (χ1n) is 9.61. The molecule has 1 aliphatic heterocycles. The zero-order chi connectivity index (χ0) is 19.4. The SMILES string of the molecule is CC[Si](CC)(CC)OC(CNC[C@H]1CC(C)(C)O1)c1c(Cl)cncc1Cl. The Morgan fingerprint density at radius 3 is 2.23 bits per heavy atom. The first kappa shape index (κ1) is 22.1. The fourth-order valence-electron chi connectivity index (χ4n) is 3.71. The number of nitrogens with one attached hydrogen (secondary N) is 1. The Bertz CT molecular complexity index is 560. The Kier molecular flexibility index (Phi) is 7.95. The van der Waals surface area contributed by atoms with Crippen LogP contribution in [0, 0.1) is 0 Å². The van der Waals surface area contributed by atoms with E-state index >= 15 is 0 Å². The Morgan fingerprint density at radius 2 is 1.77 bits per heavy atom. The quantitative estimate of drug-likeness (QED) is 0.501. The summed E-state index contributed by atoms with van der Waals surface area (Å²) in [5, 5.41) is 4.64. The van der Waals surface area contributed by atoms with Crippen molar-refractivity contribution in [1.29, 1.82) is 0 Å². The van der Waals surface area contributed by atoms with Gasteiger partial charge < -0.3 is 14.5 Å². The molecule has 1 unspecified atom stereocenters. The molecule has 2 heterocycles. The van der Waals surface area contributed by atoms with Gasteiger partial charge in [0.1, 0.15) is 0 Å². The summed E-state index contributed by atoms with van der Waals surface area (Å²) in [6, 6.07) is 3.24. The van der Waals surface area contributed by atoms with E-state index in [-0.39, 0.29) is 17.8 Å². The van der Waals surface area contributed by atoms with Crippen LogP contribution in [0.25, 0.3) is 0 Å². The zero-order valence-corrected chi connectivity index (χ0v) is 19.1. The molecule has 1 aromatic heterocycles. The molecular formula is C19H32Cl2N2O2Si. The summed E-state index contributed by atoms with van der Waals surface area (Å²) >= 11 is 12.9. The topological polar surface area (TPSA) is 43.4 Å². The van der Waals surface area contributed by atoms with Crippen molar-refractivity contribution < 1.29 is 9.16 Å². The first-order chi connectivity index (χ1) is 12.3. The minimum absolute atomic E-state index is 0.00859. The summed E-state index contributed by atoms with van der Waals surface area (Å²) in [7, 11) is -1.81. The molecule has 2 atom stereocenters. The Balaban J connectivity index is 2.11. The van der Waals surface area contributed by atoms with Gasteiger partial charge in [0.2, 0.25) is 0 Å². The number of halogens is 2. The van der Waals surface area contributed by atoms with Gasteiger partial charge in [-0.3, -0.25) is 4.98 Å². The van der Waals surface area contributed by atoms with Crippen molar-refractivity contribution in [1.82, 2.24) is 10.3 Å². The fourth-order valence-corrected chi connectivity index (χ4v) is 7.13. The third kappa shape index (κ3) is 5.43. The van der Waals surface area contributed by atoms with Crippen LogP contribution >= 0.6 is 23.2 Å². The van der Waals surface area contributed by atoms with Gasteiger partial charge in [-0.05, 0) is 32.0 Å². The molecule has 7 heteroatoms. The average molecular weight is 419 g/mol.